The van der Waals surface area contributed by atoms with Crippen LogP contribution in [-0.4, -0.2) is 64.8 Å². The number of hydrogen-bond acceptors (Lipinski definition) is 7. The van der Waals surface area contributed by atoms with Gasteiger partial charge in [0.1, 0.15) is 18.1 Å². The first-order valence-electron chi connectivity index (χ1n) is 11.8. The number of rotatable bonds is 16. The molecule has 4 unspecified atom stereocenters. The smallest absolute Gasteiger partial charge is 0.326 e. The van der Waals surface area contributed by atoms with Gasteiger partial charge in [0, 0.05) is 12.8 Å². The molecular formula is C24H36N6O7. The molecule has 1 aromatic rings. The highest BCUT2D eigenvalue weighted by atomic mass is 16.4. The topological polar surface area (TPSA) is 237 Å². The Morgan fingerprint density at radius 1 is 0.811 bits per heavy atom. The van der Waals surface area contributed by atoms with E-state index in [9.17, 15) is 33.9 Å². The fourth-order valence-corrected chi connectivity index (χ4v) is 3.44. The molecule has 0 aliphatic rings. The average Bonchev–Trinajstić information content (AvgIpc) is 2.80. The number of carboxylic acid groups (broad SMARTS) is 1. The van der Waals surface area contributed by atoms with Gasteiger partial charge in [0.05, 0.1) is 12.5 Å². The second kappa shape index (κ2) is 15.2. The van der Waals surface area contributed by atoms with Crippen molar-refractivity contribution < 1.29 is 33.9 Å². The fourth-order valence-electron chi connectivity index (χ4n) is 3.44. The van der Waals surface area contributed by atoms with E-state index in [1.165, 1.54) is 0 Å². The van der Waals surface area contributed by atoms with Crippen molar-refractivity contribution in [1.29, 1.82) is 0 Å². The average molecular weight is 521 g/mol. The Bertz CT molecular complexity index is 970. The zero-order valence-electron chi connectivity index (χ0n) is 20.9. The number of primary amides is 2. The summed E-state index contributed by atoms with van der Waals surface area (Å²) in [5.41, 5.74) is 16.6. The summed E-state index contributed by atoms with van der Waals surface area (Å²) in [5.74, 6) is -5.25. The van der Waals surface area contributed by atoms with Crippen molar-refractivity contribution in [3.05, 3.63) is 35.9 Å². The van der Waals surface area contributed by atoms with E-state index in [1.807, 2.05) is 0 Å². The van der Waals surface area contributed by atoms with E-state index in [0.29, 0.717) is 5.56 Å². The first-order valence-corrected chi connectivity index (χ1v) is 11.8. The quantitative estimate of drug-likeness (QED) is 0.132. The van der Waals surface area contributed by atoms with E-state index in [1.54, 1.807) is 44.2 Å². The van der Waals surface area contributed by atoms with Gasteiger partial charge in [0.15, 0.2) is 0 Å². The van der Waals surface area contributed by atoms with Gasteiger partial charge >= 0.3 is 5.97 Å². The predicted molar refractivity (Wildman–Crippen MR) is 133 cm³/mol. The lowest BCUT2D eigenvalue weighted by molar-refractivity contribution is -0.142. The summed E-state index contributed by atoms with van der Waals surface area (Å²) in [5, 5.41) is 16.9. The second-order valence-electron chi connectivity index (χ2n) is 9.12. The number of aliphatic carboxylic acids is 1. The molecule has 1 rings (SSSR count). The highest BCUT2D eigenvalue weighted by molar-refractivity contribution is 5.95. The summed E-state index contributed by atoms with van der Waals surface area (Å²) in [6.45, 7) is 3.60. The maximum atomic E-state index is 13.1. The maximum Gasteiger partial charge on any atom is 0.326 e. The maximum absolute atomic E-state index is 13.1. The molecule has 0 radical (unpaired) electrons. The van der Waals surface area contributed by atoms with Crippen LogP contribution < -0.4 is 33.2 Å². The number of amides is 5. The van der Waals surface area contributed by atoms with Crippen LogP contribution in [0.3, 0.4) is 0 Å². The summed E-state index contributed by atoms with van der Waals surface area (Å²) >= 11 is 0. The van der Waals surface area contributed by atoms with Crippen LogP contribution in [0, 0.1) is 5.92 Å². The SMILES string of the molecule is CC(C)CC(NC(=O)C(N)CC(N)=O)C(=O)NC(CCC(N)=O)C(=O)NC(Cc1ccccc1)C(=O)O. The number of carbonyl (C=O) groups is 6. The van der Waals surface area contributed by atoms with E-state index in [4.69, 9.17) is 17.2 Å². The number of nitrogens with one attached hydrogen (secondary N) is 3. The summed E-state index contributed by atoms with van der Waals surface area (Å²) in [7, 11) is 0. The van der Waals surface area contributed by atoms with Crippen LogP contribution in [0.15, 0.2) is 30.3 Å². The first-order chi connectivity index (χ1) is 17.3. The third kappa shape index (κ3) is 12.0. The monoisotopic (exact) mass is 520 g/mol. The van der Waals surface area contributed by atoms with Gasteiger partial charge < -0.3 is 38.3 Å². The van der Waals surface area contributed by atoms with Crippen molar-refractivity contribution in [2.24, 2.45) is 23.1 Å². The Morgan fingerprint density at radius 3 is 1.86 bits per heavy atom. The molecule has 13 nitrogen and oxygen atoms in total. The Balaban J connectivity index is 3.04. The van der Waals surface area contributed by atoms with E-state index >= 15 is 0 Å². The Morgan fingerprint density at radius 2 is 1.35 bits per heavy atom. The number of carboxylic acids is 1. The molecule has 204 valence electrons. The second-order valence-corrected chi connectivity index (χ2v) is 9.12. The fraction of sp³-hybridized carbons (Fsp3) is 0.500. The lowest BCUT2D eigenvalue weighted by Crippen LogP contribution is -2.57. The number of carbonyl (C=O) groups excluding carboxylic acids is 5. The molecule has 5 amide bonds. The normalized spacial score (nSPS) is 14.1. The summed E-state index contributed by atoms with van der Waals surface area (Å²) in [6, 6.07) is 3.60. The van der Waals surface area contributed by atoms with Crippen LogP contribution >= 0.6 is 0 Å². The largest absolute Gasteiger partial charge is 0.480 e. The van der Waals surface area contributed by atoms with Crippen molar-refractivity contribution in [2.45, 2.75) is 70.1 Å². The Hall–Kier alpha value is -4.00. The number of benzene rings is 1. The molecule has 0 aliphatic carbocycles. The lowest BCUT2D eigenvalue weighted by Gasteiger charge is -2.26. The zero-order chi connectivity index (χ0) is 28.1. The molecule has 10 N–H and O–H groups in total. The van der Waals surface area contributed by atoms with Gasteiger partial charge in [-0.25, -0.2) is 4.79 Å². The standard InChI is InChI=1S/C24H36N6O7/c1-13(2)10-17(29-21(33)15(25)12-20(27)32)23(35)28-16(8-9-19(26)31)22(34)30-18(24(36)37)11-14-6-4-3-5-7-14/h3-7,13,15-18H,8-12,25H2,1-2H3,(H2,26,31)(H2,27,32)(H,28,35)(H,29,33)(H,30,34)(H,36,37). The minimum Gasteiger partial charge on any atom is -0.480 e. The molecule has 37 heavy (non-hydrogen) atoms. The molecule has 0 heterocycles. The molecule has 0 aliphatic heterocycles. The first kappa shape index (κ1) is 31.0. The molecule has 13 heteroatoms. The van der Waals surface area contributed by atoms with Crippen LogP contribution in [0.5, 0.6) is 0 Å². The van der Waals surface area contributed by atoms with Crippen molar-refractivity contribution in [3.63, 3.8) is 0 Å². The van der Waals surface area contributed by atoms with Gasteiger partial charge in [0.25, 0.3) is 0 Å². The van der Waals surface area contributed by atoms with Gasteiger partial charge in [-0.05, 0) is 24.3 Å². The van der Waals surface area contributed by atoms with E-state index in [-0.39, 0.29) is 31.6 Å². The van der Waals surface area contributed by atoms with Gasteiger partial charge in [0.2, 0.25) is 29.5 Å². The van der Waals surface area contributed by atoms with Crippen LogP contribution in [0.2, 0.25) is 0 Å². The molecule has 0 aromatic heterocycles. The highest BCUT2D eigenvalue weighted by Crippen LogP contribution is 2.09. The van der Waals surface area contributed by atoms with Gasteiger partial charge in [-0.15, -0.1) is 0 Å². The summed E-state index contributed by atoms with van der Waals surface area (Å²) in [4.78, 5) is 72.6. The Labute approximate surface area is 214 Å². The van der Waals surface area contributed by atoms with Crippen LogP contribution in [0.25, 0.3) is 0 Å². The predicted octanol–water partition coefficient (Wildman–Crippen LogP) is -1.72. The van der Waals surface area contributed by atoms with Crippen molar-refractivity contribution in [3.8, 4) is 0 Å². The third-order valence-electron chi connectivity index (χ3n) is 5.31. The third-order valence-corrected chi connectivity index (χ3v) is 5.31. The van der Waals surface area contributed by atoms with Gasteiger partial charge in [-0.1, -0.05) is 44.2 Å². The molecule has 0 bridgehead atoms. The van der Waals surface area contributed by atoms with Gasteiger partial charge in [-0.2, -0.15) is 0 Å². The molecule has 1 aromatic carbocycles. The highest BCUT2D eigenvalue weighted by Gasteiger charge is 2.31. The minimum atomic E-state index is -1.32. The van der Waals surface area contributed by atoms with Crippen LogP contribution in [-0.2, 0) is 35.2 Å². The summed E-state index contributed by atoms with van der Waals surface area (Å²) in [6.07, 6.45) is -0.740. The zero-order valence-corrected chi connectivity index (χ0v) is 20.9. The van der Waals surface area contributed by atoms with Crippen molar-refractivity contribution >= 4 is 35.5 Å². The molecule has 4 atom stereocenters. The number of nitrogens with two attached hydrogens (primary N) is 3. The molecule has 0 fully saturated rings. The van der Waals surface area contributed by atoms with E-state index in [2.05, 4.69) is 16.0 Å². The minimum absolute atomic E-state index is 0.0117. The van der Waals surface area contributed by atoms with Crippen LogP contribution in [0.4, 0.5) is 0 Å². The van der Waals surface area contributed by atoms with E-state index < -0.39 is 66.1 Å². The number of hydrogen-bond donors (Lipinski definition) is 7. The molecule has 0 saturated carbocycles. The van der Waals surface area contributed by atoms with Crippen molar-refractivity contribution in [2.75, 3.05) is 0 Å². The van der Waals surface area contributed by atoms with Crippen LogP contribution in [0.1, 0.15) is 45.1 Å². The summed E-state index contributed by atoms with van der Waals surface area (Å²) < 4.78 is 0. The molecule has 0 saturated heterocycles. The molecule has 0 spiro atoms. The van der Waals surface area contributed by atoms with Crippen molar-refractivity contribution in [1.82, 2.24) is 16.0 Å². The van der Waals surface area contributed by atoms with Gasteiger partial charge in [-0.3, -0.25) is 24.0 Å². The van der Waals surface area contributed by atoms with E-state index in [0.717, 1.165) is 0 Å². The Kier molecular flexibility index (Phi) is 12.7. The molecular weight excluding hydrogens is 484 g/mol. The lowest BCUT2D eigenvalue weighted by atomic mass is 10.0.